The first-order valence-electron chi connectivity index (χ1n) is 5.77. The van der Waals surface area contributed by atoms with Gasteiger partial charge in [-0.05, 0) is 40.3 Å². The minimum atomic E-state index is -3.38. The van der Waals surface area contributed by atoms with Crippen molar-refractivity contribution in [3.05, 3.63) is 14.9 Å². The van der Waals surface area contributed by atoms with E-state index < -0.39 is 10.0 Å². The maximum absolute atomic E-state index is 12.5. The van der Waals surface area contributed by atoms with Crippen LogP contribution >= 0.6 is 38.9 Å². The molecular weight excluding hydrogens is 358 g/mol. The van der Waals surface area contributed by atoms with E-state index in [1.807, 2.05) is 0 Å². The van der Waals surface area contributed by atoms with Gasteiger partial charge in [0.05, 0.1) is 8.81 Å². The molecule has 1 aliphatic rings. The van der Waals surface area contributed by atoms with E-state index in [0.717, 1.165) is 6.42 Å². The lowest BCUT2D eigenvalue weighted by atomic mass is 9.90. The number of rotatable bonds is 2. The van der Waals surface area contributed by atoms with Gasteiger partial charge in [0.1, 0.15) is 4.21 Å². The minimum Gasteiger partial charge on any atom is -0.206 e. The molecule has 1 saturated heterocycles. The molecule has 2 rings (SSSR count). The summed E-state index contributed by atoms with van der Waals surface area (Å²) < 4.78 is 27.5. The van der Waals surface area contributed by atoms with Crippen molar-refractivity contribution < 1.29 is 8.42 Å². The molecule has 0 saturated carbocycles. The third-order valence-corrected chi connectivity index (χ3v) is 8.30. The van der Waals surface area contributed by atoms with Crippen molar-refractivity contribution in [1.29, 1.82) is 0 Å². The quantitative estimate of drug-likeness (QED) is 0.791. The van der Waals surface area contributed by atoms with Crippen molar-refractivity contribution in [3.63, 3.8) is 0 Å². The van der Waals surface area contributed by atoms with Crippen molar-refractivity contribution >= 4 is 48.9 Å². The molecule has 0 amide bonds. The first-order valence-corrected chi connectivity index (χ1v) is 9.20. The first-order chi connectivity index (χ1) is 8.32. The molecule has 1 fully saturated rings. The Morgan fingerprint density at radius 2 is 2.11 bits per heavy atom. The van der Waals surface area contributed by atoms with Gasteiger partial charge >= 0.3 is 0 Å². The Hall–Kier alpha value is 0.380. The minimum absolute atomic E-state index is 0.320. The van der Waals surface area contributed by atoms with E-state index in [1.165, 1.54) is 17.4 Å². The molecule has 0 N–H and O–H groups in total. The summed E-state index contributed by atoms with van der Waals surface area (Å²) in [7, 11) is -3.38. The average Bonchev–Trinajstić information content (AvgIpc) is 2.64. The maximum Gasteiger partial charge on any atom is 0.252 e. The van der Waals surface area contributed by atoms with Crippen LogP contribution in [-0.2, 0) is 10.0 Å². The topological polar surface area (TPSA) is 37.4 Å². The van der Waals surface area contributed by atoms with Crippen molar-refractivity contribution in [2.75, 3.05) is 13.1 Å². The van der Waals surface area contributed by atoms with Gasteiger partial charge < -0.3 is 0 Å². The van der Waals surface area contributed by atoms with Gasteiger partial charge in [0.2, 0.25) is 0 Å². The molecule has 0 aliphatic carbocycles. The standard InChI is InChI=1S/C11H15BrClNO2S2/c1-7-3-4-14(6-8(7)2)18(15,16)10-5-9(13)11(12)17-10/h5,7-8H,3-4,6H2,1-2H3. The fraction of sp³-hybridized carbons (Fsp3) is 0.636. The zero-order valence-corrected chi connectivity index (χ0v) is 14.2. The molecule has 0 spiro atoms. The molecule has 102 valence electrons. The molecule has 7 heteroatoms. The van der Waals surface area contributed by atoms with Gasteiger partial charge in [-0.1, -0.05) is 25.4 Å². The summed E-state index contributed by atoms with van der Waals surface area (Å²) in [5.41, 5.74) is 0. The van der Waals surface area contributed by atoms with E-state index in [0.29, 0.717) is 37.9 Å². The highest BCUT2D eigenvalue weighted by Gasteiger charge is 2.33. The third-order valence-electron chi connectivity index (χ3n) is 3.51. The average molecular weight is 373 g/mol. The number of nitrogens with zero attached hydrogens (tertiary/aromatic N) is 1. The number of halogens is 2. The Kier molecular flexibility index (Phi) is 4.44. The fourth-order valence-corrected chi connectivity index (χ4v) is 6.13. The van der Waals surface area contributed by atoms with E-state index >= 15 is 0 Å². The van der Waals surface area contributed by atoms with Crippen molar-refractivity contribution in [2.45, 2.75) is 24.5 Å². The molecule has 0 aromatic carbocycles. The smallest absolute Gasteiger partial charge is 0.206 e. The lowest BCUT2D eigenvalue weighted by Crippen LogP contribution is -2.41. The summed E-state index contributed by atoms with van der Waals surface area (Å²) in [5.74, 6) is 0.975. The van der Waals surface area contributed by atoms with Crippen LogP contribution in [0.25, 0.3) is 0 Å². The molecule has 1 aliphatic heterocycles. The Morgan fingerprint density at radius 1 is 1.44 bits per heavy atom. The molecule has 3 nitrogen and oxygen atoms in total. The fourth-order valence-electron chi connectivity index (χ4n) is 2.02. The van der Waals surface area contributed by atoms with Crippen LogP contribution in [0.1, 0.15) is 20.3 Å². The highest BCUT2D eigenvalue weighted by Crippen LogP contribution is 2.37. The van der Waals surface area contributed by atoms with Gasteiger partial charge in [0, 0.05) is 13.1 Å². The molecular formula is C11H15BrClNO2S2. The van der Waals surface area contributed by atoms with Crippen LogP contribution in [0.2, 0.25) is 5.02 Å². The monoisotopic (exact) mass is 371 g/mol. The van der Waals surface area contributed by atoms with E-state index in [-0.39, 0.29) is 0 Å². The summed E-state index contributed by atoms with van der Waals surface area (Å²) in [5, 5.41) is 0.456. The highest BCUT2D eigenvalue weighted by atomic mass is 79.9. The summed E-state index contributed by atoms with van der Waals surface area (Å²) in [6.07, 6.45) is 0.917. The zero-order chi connectivity index (χ0) is 13.5. The molecule has 1 aromatic rings. The van der Waals surface area contributed by atoms with E-state index in [2.05, 4.69) is 29.8 Å². The second kappa shape index (κ2) is 5.40. The second-order valence-electron chi connectivity index (χ2n) is 4.79. The van der Waals surface area contributed by atoms with E-state index in [9.17, 15) is 8.42 Å². The van der Waals surface area contributed by atoms with Crippen LogP contribution in [0.5, 0.6) is 0 Å². The maximum atomic E-state index is 12.5. The molecule has 2 unspecified atom stereocenters. The molecule has 2 atom stereocenters. The van der Waals surface area contributed by atoms with Crippen LogP contribution in [-0.4, -0.2) is 25.8 Å². The Labute approximate surface area is 125 Å². The van der Waals surface area contributed by atoms with Gasteiger partial charge in [-0.15, -0.1) is 11.3 Å². The SMILES string of the molecule is CC1CCN(S(=O)(=O)c2cc(Cl)c(Br)s2)CC1C. The third kappa shape index (κ3) is 2.77. The lowest BCUT2D eigenvalue weighted by Gasteiger charge is -2.34. The van der Waals surface area contributed by atoms with Crippen molar-refractivity contribution in [1.82, 2.24) is 4.31 Å². The van der Waals surface area contributed by atoms with Crippen LogP contribution in [0, 0.1) is 11.8 Å². The van der Waals surface area contributed by atoms with Gasteiger partial charge in [-0.3, -0.25) is 0 Å². The van der Waals surface area contributed by atoms with Crippen molar-refractivity contribution in [2.24, 2.45) is 11.8 Å². The van der Waals surface area contributed by atoms with Crippen LogP contribution < -0.4 is 0 Å². The normalized spacial score (nSPS) is 26.4. The summed E-state index contributed by atoms with van der Waals surface area (Å²) in [4.78, 5) is 0. The largest absolute Gasteiger partial charge is 0.252 e. The van der Waals surface area contributed by atoms with Gasteiger partial charge in [0.15, 0.2) is 0 Å². The number of thiophene rings is 1. The second-order valence-corrected chi connectivity index (χ2v) is 9.74. The Bertz CT molecular complexity index is 524. The predicted octanol–water partition coefficient (Wildman–Crippen LogP) is 3.83. The number of hydrogen-bond acceptors (Lipinski definition) is 3. The van der Waals surface area contributed by atoms with Crippen LogP contribution in [0.4, 0.5) is 0 Å². The molecule has 1 aromatic heterocycles. The molecule has 18 heavy (non-hydrogen) atoms. The van der Waals surface area contributed by atoms with E-state index in [4.69, 9.17) is 11.6 Å². The molecule has 0 bridgehead atoms. The molecule has 0 radical (unpaired) electrons. The van der Waals surface area contributed by atoms with E-state index in [1.54, 1.807) is 4.31 Å². The summed E-state index contributed by atoms with van der Waals surface area (Å²) >= 11 is 10.3. The summed E-state index contributed by atoms with van der Waals surface area (Å²) in [6, 6.07) is 1.52. The van der Waals surface area contributed by atoms with Gasteiger partial charge in [-0.2, -0.15) is 4.31 Å². The Balaban J connectivity index is 2.26. The zero-order valence-electron chi connectivity index (χ0n) is 10.2. The predicted molar refractivity (Wildman–Crippen MR) is 78.7 cm³/mol. The Morgan fingerprint density at radius 3 is 2.61 bits per heavy atom. The number of sulfonamides is 1. The lowest BCUT2D eigenvalue weighted by molar-refractivity contribution is 0.213. The van der Waals surface area contributed by atoms with Crippen LogP contribution in [0.15, 0.2) is 14.1 Å². The van der Waals surface area contributed by atoms with Crippen LogP contribution in [0.3, 0.4) is 0 Å². The van der Waals surface area contributed by atoms with Gasteiger partial charge in [0.25, 0.3) is 10.0 Å². The molecule has 2 heterocycles. The highest BCUT2D eigenvalue weighted by molar-refractivity contribution is 9.11. The number of piperidine rings is 1. The van der Waals surface area contributed by atoms with Gasteiger partial charge in [-0.25, -0.2) is 8.42 Å². The first kappa shape index (κ1) is 14.8. The van der Waals surface area contributed by atoms with Crippen molar-refractivity contribution in [3.8, 4) is 0 Å². The summed E-state index contributed by atoms with van der Waals surface area (Å²) in [6.45, 7) is 5.47. The number of hydrogen-bond donors (Lipinski definition) is 0.